The van der Waals surface area contributed by atoms with E-state index < -0.39 is 0 Å². The van der Waals surface area contributed by atoms with Gasteiger partial charge in [-0.05, 0) is 12.3 Å². The molecule has 1 N–H and O–H groups in total. The number of aliphatic hydroxyl groups is 1. The van der Waals surface area contributed by atoms with Gasteiger partial charge in [-0.3, -0.25) is 0 Å². The van der Waals surface area contributed by atoms with Crippen molar-refractivity contribution < 1.29 is 9.63 Å². The Morgan fingerprint density at radius 3 is 2.38 bits per heavy atom. The molecular formula is C9H16N2O2. The molecule has 0 radical (unpaired) electrons. The quantitative estimate of drug-likeness (QED) is 0.756. The number of aryl methyl sites for hydroxylation is 1. The topological polar surface area (TPSA) is 59.2 Å². The lowest BCUT2D eigenvalue weighted by Crippen LogP contribution is -2.22. The third-order valence-corrected chi connectivity index (χ3v) is 2.07. The summed E-state index contributed by atoms with van der Waals surface area (Å²) in [5.41, 5.74) is -0.0618. The van der Waals surface area contributed by atoms with E-state index in [4.69, 9.17) is 4.52 Å². The highest BCUT2D eigenvalue weighted by Crippen LogP contribution is 2.33. The van der Waals surface area contributed by atoms with Gasteiger partial charge in [-0.25, -0.2) is 0 Å². The second kappa shape index (κ2) is 3.46. The number of aromatic nitrogens is 2. The molecule has 4 heteroatoms. The fourth-order valence-electron chi connectivity index (χ4n) is 1.18. The van der Waals surface area contributed by atoms with Crippen molar-refractivity contribution >= 4 is 0 Å². The highest BCUT2D eigenvalue weighted by atomic mass is 16.5. The Kier molecular flexibility index (Phi) is 2.71. The van der Waals surface area contributed by atoms with Crippen LogP contribution in [-0.4, -0.2) is 21.9 Å². The van der Waals surface area contributed by atoms with Crippen LogP contribution in [0.4, 0.5) is 0 Å². The summed E-state index contributed by atoms with van der Waals surface area (Å²) in [5, 5.41) is 12.9. The summed E-state index contributed by atoms with van der Waals surface area (Å²) in [6.45, 7) is 7.91. The van der Waals surface area contributed by atoms with E-state index >= 15 is 0 Å². The highest BCUT2D eigenvalue weighted by molar-refractivity contribution is 4.98. The van der Waals surface area contributed by atoms with Crippen molar-refractivity contribution in [1.82, 2.24) is 10.1 Å². The second-order valence-corrected chi connectivity index (χ2v) is 4.28. The van der Waals surface area contributed by atoms with Gasteiger partial charge in [0.25, 0.3) is 0 Å². The van der Waals surface area contributed by atoms with Crippen molar-refractivity contribution in [3.63, 3.8) is 0 Å². The van der Waals surface area contributed by atoms with Gasteiger partial charge in [0.15, 0.2) is 5.82 Å². The molecule has 0 fully saturated rings. The van der Waals surface area contributed by atoms with Crippen LogP contribution >= 0.6 is 0 Å². The van der Waals surface area contributed by atoms with Crippen LogP contribution in [0.15, 0.2) is 4.52 Å². The fourth-order valence-corrected chi connectivity index (χ4v) is 1.18. The first-order valence-corrected chi connectivity index (χ1v) is 4.36. The molecule has 1 aromatic heterocycles. The lowest BCUT2D eigenvalue weighted by molar-refractivity contribution is 0.156. The minimum Gasteiger partial charge on any atom is -0.396 e. The monoisotopic (exact) mass is 184 g/mol. The SMILES string of the molecule is Cc1noc(C(CO)C(C)(C)C)n1. The summed E-state index contributed by atoms with van der Waals surface area (Å²) in [4.78, 5) is 4.11. The van der Waals surface area contributed by atoms with Gasteiger partial charge in [-0.15, -0.1) is 0 Å². The van der Waals surface area contributed by atoms with E-state index in [1.54, 1.807) is 6.92 Å². The fraction of sp³-hybridized carbons (Fsp3) is 0.778. The summed E-state index contributed by atoms with van der Waals surface area (Å²) < 4.78 is 5.02. The number of nitrogens with zero attached hydrogens (tertiary/aromatic N) is 2. The van der Waals surface area contributed by atoms with Gasteiger partial charge < -0.3 is 9.63 Å². The first kappa shape index (κ1) is 10.2. The second-order valence-electron chi connectivity index (χ2n) is 4.28. The predicted molar refractivity (Wildman–Crippen MR) is 48.3 cm³/mol. The third-order valence-electron chi connectivity index (χ3n) is 2.07. The van der Waals surface area contributed by atoms with Crippen LogP contribution in [0.5, 0.6) is 0 Å². The van der Waals surface area contributed by atoms with Crippen molar-refractivity contribution in [1.29, 1.82) is 0 Å². The van der Waals surface area contributed by atoms with Crippen LogP contribution in [0.25, 0.3) is 0 Å². The molecule has 1 rings (SSSR count). The zero-order valence-corrected chi connectivity index (χ0v) is 8.53. The summed E-state index contributed by atoms with van der Waals surface area (Å²) in [6.07, 6.45) is 0. The lowest BCUT2D eigenvalue weighted by atomic mass is 9.81. The molecule has 13 heavy (non-hydrogen) atoms. The normalized spacial score (nSPS) is 14.5. The molecule has 0 saturated heterocycles. The predicted octanol–water partition coefficient (Wildman–Crippen LogP) is 1.50. The molecule has 1 atom stereocenters. The molecule has 0 spiro atoms. The highest BCUT2D eigenvalue weighted by Gasteiger charge is 2.30. The molecular weight excluding hydrogens is 168 g/mol. The number of hydrogen-bond donors (Lipinski definition) is 1. The molecule has 0 bridgehead atoms. The van der Waals surface area contributed by atoms with Crippen LogP contribution in [-0.2, 0) is 0 Å². The molecule has 0 saturated carbocycles. The van der Waals surface area contributed by atoms with Gasteiger partial charge in [0.05, 0.1) is 12.5 Å². The van der Waals surface area contributed by atoms with Crippen molar-refractivity contribution in [3.05, 3.63) is 11.7 Å². The molecule has 1 unspecified atom stereocenters. The van der Waals surface area contributed by atoms with E-state index in [0.717, 1.165) is 0 Å². The average molecular weight is 184 g/mol. The van der Waals surface area contributed by atoms with Crippen molar-refractivity contribution in [2.24, 2.45) is 5.41 Å². The lowest BCUT2D eigenvalue weighted by Gasteiger charge is -2.25. The molecule has 4 nitrogen and oxygen atoms in total. The third kappa shape index (κ3) is 2.28. The smallest absolute Gasteiger partial charge is 0.232 e. The summed E-state index contributed by atoms with van der Waals surface area (Å²) in [5.74, 6) is 1.04. The Labute approximate surface area is 78.0 Å². The maximum Gasteiger partial charge on any atom is 0.232 e. The minimum absolute atomic E-state index is 0.0329. The van der Waals surface area contributed by atoms with E-state index in [1.165, 1.54) is 0 Å². The van der Waals surface area contributed by atoms with Crippen molar-refractivity contribution in [2.75, 3.05) is 6.61 Å². The van der Waals surface area contributed by atoms with Gasteiger partial charge in [-0.1, -0.05) is 25.9 Å². The number of rotatable bonds is 2. The van der Waals surface area contributed by atoms with E-state index in [-0.39, 0.29) is 17.9 Å². The Balaban J connectivity index is 2.91. The largest absolute Gasteiger partial charge is 0.396 e. The van der Waals surface area contributed by atoms with Crippen LogP contribution < -0.4 is 0 Å². The summed E-state index contributed by atoms with van der Waals surface area (Å²) >= 11 is 0. The van der Waals surface area contributed by atoms with Gasteiger partial charge in [0.2, 0.25) is 5.89 Å². The van der Waals surface area contributed by atoms with E-state index in [9.17, 15) is 5.11 Å². The van der Waals surface area contributed by atoms with Crippen molar-refractivity contribution in [2.45, 2.75) is 33.6 Å². The Bertz CT molecular complexity index is 275. The van der Waals surface area contributed by atoms with Gasteiger partial charge in [-0.2, -0.15) is 4.98 Å². The van der Waals surface area contributed by atoms with Crippen molar-refractivity contribution in [3.8, 4) is 0 Å². The van der Waals surface area contributed by atoms with Gasteiger partial charge in [0, 0.05) is 0 Å². The Morgan fingerprint density at radius 2 is 2.08 bits per heavy atom. The van der Waals surface area contributed by atoms with Crippen LogP contribution in [0.2, 0.25) is 0 Å². The Hall–Kier alpha value is -0.900. The first-order valence-electron chi connectivity index (χ1n) is 4.36. The Morgan fingerprint density at radius 1 is 1.46 bits per heavy atom. The molecule has 0 aliphatic carbocycles. The number of aliphatic hydroxyl groups excluding tert-OH is 1. The molecule has 0 amide bonds. The van der Waals surface area contributed by atoms with Crippen LogP contribution in [0.1, 0.15) is 38.4 Å². The average Bonchev–Trinajstić information content (AvgIpc) is 2.34. The summed E-state index contributed by atoms with van der Waals surface area (Å²) in [7, 11) is 0. The summed E-state index contributed by atoms with van der Waals surface area (Å²) in [6, 6.07) is 0. The first-order chi connectivity index (χ1) is 5.95. The van der Waals surface area contributed by atoms with Gasteiger partial charge in [0.1, 0.15) is 0 Å². The molecule has 0 aliphatic rings. The van der Waals surface area contributed by atoms with Crippen LogP contribution in [0.3, 0.4) is 0 Å². The maximum absolute atomic E-state index is 9.20. The number of hydrogen-bond acceptors (Lipinski definition) is 4. The van der Waals surface area contributed by atoms with Crippen LogP contribution in [0, 0.1) is 12.3 Å². The minimum atomic E-state index is -0.0892. The zero-order valence-electron chi connectivity index (χ0n) is 8.53. The van der Waals surface area contributed by atoms with Gasteiger partial charge >= 0.3 is 0 Å². The standard InChI is InChI=1S/C9H16N2O2/c1-6-10-8(13-11-6)7(5-12)9(2,3)4/h7,12H,5H2,1-4H3. The van der Waals surface area contributed by atoms with E-state index in [2.05, 4.69) is 10.1 Å². The molecule has 1 heterocycles. The van der Waals surface area contributed by atoms with E-state index in [0.29, 0.717) is 11.7 Å². The molecule has 74 valence electrons. The maximum atomic E-state index is 9.20. The van der Waals surface area contributed by atoms with E-state index in [1.807, 2.05) is 20.8 Å². The zero-order chi connectivity index (χ0) is 10.1. The molecule has 0 aliphatic heterocycles. The molecule has 1 aromatic rings. The molecule has 0 aromatic carbocycles.